The van der Waals surface area contributed by atoms with Crippen molar-refractivity contribution >= 4 is 34.4 Å². The molecule has 2 aromatic carbocycles. The number of aliphatic hydroxyl groups is 1. The number of fused-ring (bicyclic) bond motifs is 1. The molecule has 1 aliphatic heterocycles. The van der Waals surface area contributed by atoms with Crippen LogP contribution in [-0.2, 0) is 4.79 Å². The molecule has 2 aromatic heterocycles. The molecule has 3 heterocycles. The van der Waals surface area contributed by atoms with Crippen molar-refractivity contribution in [2.45, 2.75) is 0 Å². The van der Waals surface area contributed by atoms with E-state index in [0.717, 1.165) is 55.3 Å². The Kier molecular flexibility index (Phi) is 6.92. The van der Waals surface area contributed by atoms with Crippen molar-refractivity contribution in [1.82, 2.24) is 19.3 Å². The van der Waals surface area contributed by atoms with E-state index >= 15 is 0 Å². The highest BCUT2D eigenvalue weighted by Gasteiger charge is 2.16. The number of piperazine rings is 1. The number of carbonyl (C=O) groups is 1. The second-order valence-corrected chi connectivity index (χ2v) is 8.64. The molecule has 0 unspecified atom stereocenters. The van der Waals surface area contributed by atoms with Gasteiger partial charge in [0, 0.05) is 55.3 Å². The number of nitrogens with one attached hydrogen (secondary N) is 2. The largest absolute Gasteiger partial charge is 0.395 e. The summed E-state index contributed by atoms with van der Waals surface area (Å²) in [5.41, 5.74) is 5.36. The third-order valence-electron chi connectivity index (χ3n) is 6.30. The van der Waals surface area contributed by atoms with Crippen LogP contribution in [-0.4, -0.2) is 69.6 Å². The van der Waals surface area contributed by atoms with Crippen LogP contribution in [0.4, 0.5) is 22.9 Å². The highest BCUT2D eigenvalue weighted by atomic mass is 16.3. The fourth-order valence-corrected chi connectivity index (χ4v) is 4.39. The minimum Gasteiger partial charge on any atom is -0.395 e. The number of nitrogens with zero attached hydrogens (tertiary/aromatic N) is 5. The molecule has 36 heavy (non-hydrogen) atoms. The van der Waals surface area contributed by atoms with Crippen molar-refractivity contribution in [2.24, 2.45) is 0 Å². The van der Waals surface area contributed by atoms with E-state index in [0.29, 0.717) is 11.5 Å². The van der Waals surface area contributed by atoms with Crippen LogP contribution in [0.5, 0.6) is 0 Å². The Hall–Kier alpha value is -4.21. The standard InChI is InChI=1S/C27H29N7O2/c1-2-27(36)31-22-5-3-4-20(16-22)24-17-29-26-18-28-25(19-34(24)26)30-21-6-8-23(9-7-21)33-12-10-32(11-13-33)14-15-35/h2-9,16-19,30,35H,1,10-15H2,(H,31,36). The normalized spacial score (nSPS) is 14.1. The predicted molar refractivity (Wildman–Crippen MR) is 143 cm³/mol. The van der Waals surface area contributed by atoms with Gasteiger partial charge < -0.3 is 20.6 Å². The second kappa shape index (κ2) is 10.6. The molecule has 3 N–H and O–H groups in total. The van der Waals surface area contributed by atoms with E-state index in [9.17, 15) is 4.79 Å². The van der Waals surface area contributed by atoms with Crippen LogP contribution in [0.15, 0.2) is 79.8 Å². The van der Waals surface area contributed by atoms with Crippen molar-refractivity contribution in [3.05, 3.63) is 79.8 Å². The minimum atomic E-state index is -0.254. The molecule has 4 aromatic rings. The number of β-amino-alcohol motifs (C(OH)–C–C–N with tert-alkyl or cyclic N) is 1. The number of carbonyl (C=O) groups excluding carboxylic acids is 1. The highest BCUT2D eigenvalue weighted by molar-refractivity contribution is 5.99. The molecule has 0 bridgehead atoms. The van der Waals surface area contributed by atoms with Gasteiger partial charge in [0.1, 0.15) is 5.82 Å². The summed E-state index contributed by atoms with van der Waals surface area (Å²) >= 11 is 0. The van der Waals surface area contributed by atoms with Gasteiger partial charge in [-0.25, -0.2) is 9.97 Å². The van der Waals surface area contributed by atoms with Crippen molar-refractivity contribution in [3.63, 3.8) is 0 Å². The Morgan fingerprint density at radius 3 is 2.58 bits per heavy atom. The molecule has 1 aliphatic rings. The monoisotopic (exact) mass is 483 g/mol. The lowest BCUT2D eigenvalue weighted by Crippen LogP contribution is -2.47. The third-order valence-corrected chi connectivity index (χ3v) is 6.30. The first-order chi connectivity index (χ1) is 17.6. The zero-order chi connectivity index (χ0) is 24.9. The number of hydrogen-bond donors (Lipinski definition) is 3. The van der Waals surface area contributed by atoms with Crippen molar-refractivity contribution in [1.29, 1.82) is 0 Å². The molecular formula is C27H29N7O2. The third kappa shape index (κ3) is 5.22. The number of hydrogen-bond acceptors (Lipinski definition) is 7. The van der Waals surface area contributed by atoms with Crippen LogP contribution < -0.4 is 15.5 Å². The number of anilines is 4. The van der Waals surface area contributed by atoms with Crippen LogP contribution in [0.2, 0.25) is 0 Å². The summed E-state index contributed by atoms with van der Waals surface area (Å²) in [5, 5.41) is 15.3. The molecule has 0 radical (unpaired) electrons. The average Bonchev–Trinajstić information content (AvgIpc) is 3.33. The lowest BCUT2D eigenvalue weighted by molar-refractivity contribution is -0.111. The average molecular weight is 484 g/mol. The fourth-order valence-electron chi connectivity index (χ4n) is 4.39. The van der Waals surface area contributed by atoms with Crippen molar-refractivity contribution in [2.75, 3.05) is 54.9 Å². The van der Waals surface area contributed by atoms with Gasteiger partial charge in [0.2, 0.25) is 5.91 Å². The molecule has 184 valence electrons. The zero-order valence-electron chi connectivity index (χ0n) is 20.0. The van der Waals surface area contributed by atoms with Gasteiger partial charge in [0.05, 0.1) is 30.9 Å². The first kappa shape index (κ1) is 23.5. The number of imidazole rings is 1. The molecule has 0 atom stereocenters. The Morgan fingerprint density at radius 1 is 1.03 bits per heavy atom. The Bertz CT molecular complexity index is 1360. The van der Waals surface area contributed by atoms with E-state index in [1.807, 2.05) is 34.9 Å². The number of aliphatic hydroxyl groups excluding tert-OH is 1. The van der Waals surface area contributed by atoms with E-state index in [1.54, 1.807) is 12.4 Å². The summed E-state index contributed by atoms with van der Waals surface area (Å²) in [6.45, 7) is 8.27. The molecule has 5 rings (SSSR count). The van der Waals surface area contributed by atoms with Gasteiger partial charge in [0.25, 0.3) is 0 Å². The van der Waals surface area contributed by atoms with E-state index in [-0.39, 0.29) is 12.5 Å². The number of amides is 1. The molecular weight excluding hydrogens is 454 g/mol. The zero-order valence-corrected chi connectivity index (χ0v) is 20.0. The topological polar surface area (TPSA) is 98.0 Å². The van der Waals surface area contributed by atoms with Crippen molar-refractivity contribution < 1.29 is 9.90 Å². The van der Waals surface area contributed by atoms with E-state index in [1.165, 1.54) is 11.8 Å². The SMILES string of the molecule is C=CC(=O)Nc1cccc(-c2cnc3cnc(Nc4ccc(N5CCN(CCO)CC5)cc4)cn23)c1. The van der Waals surface area contributed by atoms with Crippen LogP contribution in [0.3, 0.4) is 0 Å². The Morgan fingerprint density at radius 2 is 1.83 bits per heavy atom. The summed E-state index contributed by atoms with van der Waals surface area (Å²) in [4.78, 5) is 25.3. The first-order valence-electron chi connectivity index (χ1n) is 11.9. The molecule has 1 fully saturated rings. The molecule has 0 aliphatic carbocycles. The number of aromatic nitrogens is 3. The van der Waals surface area contributed by atoms with E-state index in [2.05, 4.69) is 61.2 Å². The maximum Gasteiger partial charge on any atom is 0.247 e. The van der Waals surface area contributed by atoms with Gasteiger partial charge in [-0.15, -0.1) is 0 Å². The molecule has 1 amide bonds. The quantitative estimate of drug-likeness (QED) is 0.331. The number of benzene rings is 2. The fraction of sp³-hybridized carbons (Fsp3) is 0.222. The summed E-state index contributed by atoms with van der Waals surface area (Å²) in [7, 11) is 0. The molecule has 0 saturated carbocycles. The predicted octanol–water partition coefficient (Wildman–Crippen LogP) is 3.38. The van der Waals surface area contributed by atoms with Crippen LogP contribution in [0.1, 0.15) is 0 Å². The van der Waals surface area contributed by atoms with Crippen LogP contribution >= 0.6 is 0 Å². The summed E-state index contributed by atoms with van der Waals surface area (Å²) in [6, 6.07) is 16.0. The van der Waals surface area contributed by atoms with Gasteiger partial charge in [-0.2, -0.15) is 0 Å². The second-order valence-electron chi connectivity index (χ2n) is 8.64. The summed E-state index contributed by atoms with van der Waals surface area (Å²) < 4.78 is 1.98. The van der Waals surface area contributed by atoms with E-state index in [4.69, 9.17) is 5.11 Å². The van der Waals surface area contributed by atoms with Gasteiger partial charge >= 0.3 is 0 Å². The lowest BCUT2D eigenvalue weighted by Gasteiger charge is -2.35. The van der Waals surface area contributed by atoms with Crippen LogP contribution in [0.25, 0.3) is 16.9 Å². The smallest absolute Gasteiger partial charge is 0.247 e. The van der Waals surface area contributed by atoms with Crippen molar-refractivity contribution in [3.8, 4) is 11.3 Å². The van der Waals surface area contributed by atoms with Gasteiger partial charge in [-0.05, 0) is 42.5 Å². The summed E-state index contributed by atoms with van der Waals surface area (Å²) in [6.07, 6.45) is 6.69. The van der Waals surface area contributed by atoms with Crippen LogP contribution in [0, 0.1) is 0 Å². The number of rotatable bonds is 8. The molecule has 1 saturated heterocycles. The maximum atomic E-state index is 11.7. The molecule has 0 spiro atoms. The first-order valence-corrected chi connectivity index (χ1v) is 11.9. The van der Waals surface area contributed by atoms with Gasteiger partial charge in [-0.3, -0.25) is 14.1 Å². The van der Waals surface area contributed by atoms with Gasteiger partial charge in [-0.1, -0.05) is 18.7 Å². The summed E-state index contributed by atoms with van der Waals surface area (Å²) in [5.74, 6) is 0.444. The Labute approximate surface area is 209 Å². The molecule has 9 heteroatoms. The molecule has 9 nitrogen and oxygen atoms in total. The Balaban J connectivity index is 1.31. The maximum absolute atomic E-state index is 11.7. The van der Waals surface area contributed by atoms with Gasteiger partial charge in [0.15, 0.2) is 5.65 Å². The van der Waals surface area contributed by atoms with E-state index < -0.39 is 0 Å². The highest BCUT2D eigenvalue weighted by Crippen LogP contribution is 2.26. The lowest BCUT2D eigenvalue weighted by atomic mass is 10.1. The minimum absolute atomic E-state index is 0.209.